The standard InChI is InChI=1S/C20H24F3N5O2/c1-12-7-5-10-18(25-19(29)28(4)27-24)16(12)11-30-26-14(3)15-8-6-9-17(13(15)2)20(21,22)23/h5-10,27H,11,24H2,1-4H3,(H,25,29)/p+1. The Morgan fingerprint density at radius 2 is 1.90 bits per heavy atom. The molecule has 30 heavy (non-hydrogen) atoms. The molecular weight excluding hydrogens is 399 g/mol. The topological polar surface area (TPSA) is 96.6 Å². The molecule has 162 valence electrons. The molecule has 2 amide bonds. The van der Waals surface area contributed by atoms with Crippen LogP contribution in [-0.2, 0) is 17.6 Å². The van der Waals surface area contributed by atoms with Crippen LogP contribution in [0.1, 0.15) is 34.7 Å². The van der Waals surface area contributed by atoms with Gasteiger partial charge >= 0.3 is 12.2 Å². The van der Waals surface area contributed by atoms with E-state index in [9.17, 15) is 18.0 Å². The van der Waals surface area contributed by atoms with Crippen LogP contribution in [0.3, 0.4) is 0 Å². The number of halogens is 3. The van der Waals surface area contributed by atoms with Crippen molar-refractivity contribution in [1.29, 1.82) is 0 Å². The van der Waals surface area contributed by atoms with Crippen molar-refractivity contribution >= 4 is 17.4 Å². The summed E-state index contributed by atoms with van der Waals surface area (Å²) in [5.41, 5.74) is 3.24. The van der Waals surface area contributed by atoms with Crippen LogP contribution in [0.2, 0.25) is 0 Å². The van der Waals surface area contributed by atoms with Crippen molar-refractivity contribution in [3.05, 3.63) is 64.2 Å². The Hall–Kier alpha value is -3.11. The molecule has 0 aliphatic carbocycles. The molecule has 0 heterocycles. The van der Waals surface area contributed by atoms with E-state index in [4.69, 9.17) is 10.7 Å². The number of quaternary nitrogens is 1. The third-order valence-corrected chi connectivity index (χ3v) is 4.64. The fourth-order valence-electron chi connectivity index (χ4n) is 2.86. The monoisotopic (exact) mass is 424 g/mol. The first kappa shape index (κ1) is 23.2. The Bertz CT molecular complexity index is 945. The summed E-state index contributed by atoms with van der Waals surface area (Å²) < 4.78 is 39.4. The minimum atomic E-state index is -4.44. The minimum Gasteiger partial charge on any atom is -0.391 e. The van der Waals surface area contributed by atoms with Crippen LogP contribution in [0.15, 0.2) is 41.6 Å². The molecule has 0 atom stereocenters. The van der Waals surface area contributed by atoms with Gasteiger partial charge in [0.25, 0.3) is 0 Å². The van der Waals surface area contributed by atoms with Crippen LogP contribution in [0.4, 0.5) is 23.7 Å². The lowest BCUT2D eigenvalue weighted by molar-refractivity contribution is -0.792. The number of amides is 2. The largest absolute Gasteiger partial charge is 0.416 e. The van der Waals surface area contributed by atoms with E-state index in [1.807, 2.05) is 13.0 Å². The van der Waals surface area contributed by atoms with Crippen molar-refractivity contribution < 1.29 is 28.3 Å². The molecule has 0 bridgehead atoms. The molecular formula is C20H25F3N5O2+. The zero-order chi connectivity index (χ0) is 22.5. The average Bonchev–Trinajstić information content (AvgIpc) is 2.68. The van der Waals surface area contributed by atoms with Gasteiger partial charge in [0.05, 0.1) is 18.3 Å². The number of oxime groups is 1. The predicted molar refractivity (Wildman–Crippen MR) is 107 cm³/mol. The first-order valence-electron chi connectivity index (χ1n) is 9.07. The Labute approximate surface area is 172 Å². The predicted octanol–water partition coefficient (Wildman–Crippen LogP) is 3.08. The van der Waals surface area contributed by atoms with E-state index in [0.29, 0.717) is 22.5 Å². The molecule has 0 aliphatic heterocycles. The molecule has 0 radical (unpaired) electrons. The maximum absolute atomic E-state index is 13.1. The first-order chi connectivity index (χ1) is 14.1. The van der Waals surface area contributed by atoms with E-state index in [1.54, 1.807) is 25.1 Å². The van der Waals surface area contributed by atoms with E-state index in [-0.39, 0.29) is 12.2 Å². The third kappa shape index (κ3) is 5.49. The first-order valence-corrected chi connectivity index (χ1v) is 9.07. The molecule has 7 nitrogen and oxygen atoms in total. The van der Waals surface area contributed by atoms with Gasteiger partial charge in [-0.3, -0.25) is 0 Å². The van der Waals surface area contributed by atoms with Gasteiger partial charge in [0, 0.05) is 16.8 Å². The number of aryl methyl sites for hydroxylation is 1. The van der Waals surface area contributed by atoms with Crippen molar-refractivity contribution in [3.63, 3.8) is 0 Å². The number of benzene rings is 2. The number of nitrogens with two attached hydrogens (primary N) is 2. The molecule has 0 saturated carbocycles. The molecule has 0 unspecified atom stereocenters. The van der Waals surface area contributed by atoms with Crippen LogP contribution in [0.5, 0.6) is 0 Å². The molecule has 5 N–H and O–H groups in total. The van der Waals surface area contributed by atoms with Gasteiger partial charge in [-0.25, -0.2) is 4.79 Å². The number of urea groups is 1. The van der Waals surface area contributed by atoms with Crippen LogP contribution in [0, 0.1) is 13.8 Å². The number of hydrogen-bond donors (Lipinski definition) is 3. The summed E-state index contributed by atoms with van der Waals surface area (Å²) in [4.78, 5) is 17.5. The molecule has 2 rings (SSSR count). The number of nitrogens with one attached hydrogen (secondary N) is 1. The normalized spacial score (nSPS) is 11.9. The van der Waals surface area contributed by atoms with E-state index in [1.165, 1.54) is 25.0 Å². The number of carbonyl (C=O) groups is 1. The number of nitrogens with zero attached hydrogens (tertiary/aromatic N) is 2. The summed E-state index contributed by atoms with van der Waals surface area (Å²) in [5, 5.41) is 7.90. The molecule has 0 aliphatic rings. The fourth-order valence-corrected chi connectivity index (χ4v) is 2.86. The summed E-state index contributed by atoms with van der Waals surface area (Å²) in [6.07, 6.45) is -4.44. The quantitative estimate of drug-likeness (QED) is 0.288. The molecule has 0 aromatic heterocycles. The van der Waals surface area contributed by atoms with Gasteiger partial charge in [-0.1, -0.05) is 29.4 Å². The second-order valence-electron chi connectivity index (χ2n) is 6.72. The maximum Gasteiger partial charge on any atom is 0.416 e. The lowest BCUT2D eigenvalue weighted by Crippen LogP contribution is -3.00. The van der Waals surface area contributed by atoms with Gasteiger partial charge in [-0.05, 0) is 44.0 Å². The zero-order valence-electron chi connectivity index (χ0n) is 17.2. The molecule has 2 aromatic carbocycles. The van der Waals surface area contributed by atoms with E-state index >= 15 is 0 Å². The summed E-state index contributed by atoms with van der Waals surface area (Å²) in [7, 11) is 1.51. The van der Waals surface area contributed by atoms with Crippen molar-refractivity contribution in [3.8, 4) is 0 Å². The van der Waals surface area contributed by atoms with Gasteiger partial charge < -0.3 is 10.2 Å². The second-order valence-corrected chi connectivity index (χ2v) is 6.72. The number of alkyl halides is 3. The highest BCUT2D eigenvalue weighted by molar-refractivity contribution is 5.99. The van der Waals surface area contributed by atoms with Crippen molar-refractivity contribution in [2.24, 2.45) is 11.0 Å². The van der Waals surface area contributed by atoms with Crippen LogP contribution in [-0.4, -0.2) is 23.8 Å². The SMILES string of the molecule is CC(=NOCc1c(C)cccc1NC(=O)N(C)[NH2+]N)c1cccc(C(F)(F)F)c1C. The molecule has 10 heteroatoms. The Kier molecular flexibility index (Phi) is 7.41. The van der Waals surface area contributed by atoms with Gasteiger partial charge in [0.15, 0.2) is 0 Å². The van der Waals surface area contributed by atoms with E-state index < -0.39 is 17.8 Å². The van der Waals surface area contributed by atoms with Crippen molar-refractivity contribution in [2.75, 3.05) is 12.4 Å². The summed E-state index contributed by atoms with van der Waals surface area (Å²) >= 11 is 0. The highest BCUT2D eigenvalue weighted by Gasteiger charge is 2.33. The van der Waals surface area contributed by atoms with Crippen molar-refractivity contribution in [2.45, 2.75) is 33.6 Å². The highest BCUT2D eigenvalue weighted by Crippen LogP contribution is 2.33. The minimum absolute atomic E-state index is 0.0215. The van der Waals surface area contributed by atoms with Crippen LogP contribution < -0.4 is 16.7 Å². The van der Waals surface area contributed by atoms with Crippen molar-refractivity contribution in [1.82, 2.24) is 5.01 Å². The van der Waals surface area contributed by atoms with Gasteiger partial charge in [-0.2, -0.15) is 29.6 Å². The Morgan fingerprint density at radius 3 is 2.53 bits per heavy atom. The lowest BCUT2D eigenvalue weighted by Gasteiger charge is -2.16. The van der Waals surface area contributed by atoms with Gasteiger partial charge in [0.1, 0.15) is 6.61 Å². The summed E-state index contributed by atoms with van der Waals surface area (Å²) in [6, 6.07) is 8.84. The molecule has 2 aromatic rings. The maximum atomic E-state index is 13.1. The lowest BCUT2D eigenvalue weighted by atomic mass is 9.99. The second kappa shape index (κ2) is 9.59. The molecule has 0 saturated heterocycles. The molecule has 0 fully saturated rings. The Balaban J connectivity index is 2.21. The third-order valence-electron chi connectivity index (χ3n) is 4.64. The van der Waals surface area contributed by atoms with E-state index in [2.05, 4.69) is 10.5 Å². The zero-order valence-corrected chi connectivity index (χ0v) is 17.2. The summed E-state index contributed by atoms with van der Waals surface area (Å²) in [6.45, 7) is 4.85. The summed E-state index contributed by atoms with van der Waals surface area (Å²) in [5.74, 6) is 5.34. The van der Waals surface area contributed by atoms with Crippen LogP contribution in [0.25, 0.3) is 0 Å². The highest BCUT2D eigenvalue weighted by atomic mass is 19.4. The average molecular weight is 424 g/mol. The van der Waals surface area contributed by atoms with Crippen LogP contribution >= 0.6 is 0 Å². The van der Waals surface area contributed by atoms with Gasteiger partial charge in [0.2, 0.25) is 0 Å². The van der Waals surface area contributed by atoms with E-state index in [0.717, 1.165) is 17.2 Å². The fraction of sp³-hybridized carbons (Fsp3) is 0.300. The smallest absolute Gasteiger partial charge is 0.391 e. The number of anilines is 1. The Morgan fingerprint density at radius 1 is 1.23 bits per heavy atom. The van der Waals surface area contributed by atoms with Gasteiger partial charge in [-0.15, -0.1) is 0 Å². The molecule has 0 spiro atoms. The number of rotatable bonds is 6. The number of hydrogen-bond acceptors (Lipinski definition) is 4. The number of carbonyl (C=O) groups excluding carboxylic acids is 1.